The SMILES string of the molecule is CCNC(c1ccc(F)cn1)c1c(Br)cnn1C. The van der Waals surface area contributed by atoms with Crippen molar-refractivity contribution in [2.24, 2.45) is 7.05 Å². The first-order valence-electron chi connectivity index (χ1n) is 5.65. The number of nitrogens with one attached hydrogen (secondary N) is 1. The lowest BCUT2D eigenvalue weighted by atomic mass is 10.1. The molecule has 0 fully saturated rings. The van der Waals surface area contributed by atoms with Crippen LogP contribution in [0.3, 0.4) is 0 Å². The zero-order valence-corrected chi connectivity index (χ0v) is 11.8. The molecule has 2 rings (SSSR count). The van der Waals surface area contributed by atoms with E-state index in [0.29, 0.717) is 0 Å². The molecule has 0 bridgehead atoms. The smallest absolute Gasteiger partial charge is 0.141 e. The van der Waals surface area contributed by atoms with Crippen molar-refractivity contribution in [3.05, 3.63) is 46.2 Å². The van der Waals surface area contributed by atoms with Crippen molar-refractivity contribution in [2.75, 3.05) is 6.54 Å². The van der Waals surface area contributed by atoms with Crippen molar-refractivity contribution >= 4 is 15.9 Å². The Morgan fingerprint density at radius 3 is 2.72 bits per heavy atom. The topological polar surface area (TPSA) is 42.7 Å². The number of aromatic nitrogens is 3. The van der Waals surface area contributed by atoms with Gasteiger partial charge in [-0.05, 0) is 34.6 Å². The lowest BCUT2D eigenvalue weighted by molar-refractivity contribution is 0.554. The van der Waals surface area contributed by atoms with Crippen LogP contribution in [0.5, 0.6) is 0 Å². The van der Waals surface area contributed by atoms with Crippen molar-refractivity contribution in [1.29, 1.82) is 0 Å². The normalized spacial score (nSPS) is 12.7. The van der Waals surface area contributed by atoms with E-state index in [2.05, 4.69) is 31.3 Å². The molecule has 4 nitrogen and oxygen atoms in total. The molecule has 2 heterocycles. The summed E-state index contributed by atoms with van der Waals surface area (Å²) in [4.78, 5) is 4.14. The maximum atomic E-state index is 12.9. The van der Waals surface area contributed by atoms with E-state index in [1.54, 1.807) is 16.9 Å². The van der Waals surface area contributed by atoms with Crippen LogP contribution >= 0.6 is 15.9 Å². The van der Waals surface area contributed by atoms with Crippen LogP contribution in [0.1, 0.15) is 24.4 Å². The summed E-state index contributed by atoms with van der Waals surface area (Å²) in [5.74, 6) is -0.335. The molecule has 96 valence electrons. The Hall–Kier alpha value is -1.27. The summed E-state index contributed by atoms with van der Waals surface area (Å²) in [5.41, 5.74) is 1.73. The molecular weight excluding hydrogens is 299 g/mol. The number of pyridine rings is 1. The van der Waals surface area contributed by atoms with Crippen LogP contribution in [0.15, 0.2) is 29.0 Å². The van der Waals surface area contributed by atoms with E-state index in [9.17, 15) is 4.39 Å². The van der Waals surface area contributed by atoms with Gasteiger partial charge in [-0.15, -0.1) is 0 Å². The average Bonchev–Trinajstić information content (AvgIpc) is 2.68. The largest absolute Gasteiger partial charge is 0.304 e. The van der Waals surface area contributed by atoms with Gasteiger partial charge in [0.15, 0.2) is 0 Å². The third-order valence-corrected chi connectivity index (χ3v) is 3.28. The minimum Gasteiger partial charge on any atom is -0.304 e. The zero-order chi connectivity index (χ0) is 13.1. The Morgan fingerprint density at radius 1 is 1.44 bits per heavy atom. The van der Waals surface area contributed by atoms with Gasteiger partial charge in [0.25, 0.3) is 0 Å². The van der Waals surface area contributed by atoms with Gasteiger partial charge in [0.2, 0.25) is 0 Å². The van der Waals surface area contributed by atoms with Gasteiger partial charge >= 0.3 is 0 Å². The Kier molecular flexibility index (Phi) is 4.08. The molecule has 18 heavy (non-hydrogen) atoms. The molecule has 1 atom stereocenters. The molecule has 0 saturated carbocycles. The third-order valence-electron chi connectivity index (χ3n) is 2.67. The predicted octanol–water partition coefficient (Wildman–Crippen LogP) is 2.42. The average molecular weight is 313 g/mol. The Balaban J connectivity index is 2.43. The van der Waals surface area contributed by atoms with Gasteiger partial charge in [-0.2, -0.15) is 5.10 Å². The number of hydrogen-bond acceptors (Lipinski definition) is 3. The fraction of sp³-hybridized carbons (Fsp3) is 0.333. The molecule has 0 spiro atoms. The van der Waals surface area contributed by atoms with Crippen LogP contribution < -0.4 is 5.32 Å². The molecule has 0 amide bonds. The highest BCUT2D eigenvalue weighted by molar-refractivity contribution is 9.10. The molecule has 2 aromatic heterocycles. The highest BCUT2D eigenvalue weighted by Gasteiger charge is 2.21. The minimum absolute atomic E-state index is 0.113. The highest BCUT2D eigenvalue weighted by atomic mass is 79.9. The molecule has 2 aromatic rings. The molecule has 1 N–H and O–H groups in total. The van der Waals surface area contributed by atoms with Crippen LogP contribution in [0.4, 0.5) is 4.39 Å². The quantitative estimate of drug-likeness (QED) is 0.943. The molecule has 6 heteroatoms. The molecule has 0 saturated heterocycles. The van der Waals surface area contributed by atoms with Gasteiger partial charge in [0.05, 0.1) is 34.3 Å². The summed E-state index contributed by atoms with van der Waals surface area (Å²) in [6, 6.07) is 2.98. The summed E-state index contributed by atoms with van der Waals surface area (Å²) >= 11 is 3.47. The van der Waals surface area contributed by atoms with E-state index in [1.165, 1.54) is 12.3 Å². The number of aryl methyl sites for hydroxylation is 1. The summed E-state index contributed by atoms with van der Waals surface area (Å²) < 4.78 is 15.6. The third kappa shape index (κ3) is 2.59. The molecule has 0 radical (unpaired) electrons. The van der Waals surface area contributed by atoms with Gasteiger partial charge in [-0.25, -0.2) is 4.39 Å². The molecule has 1 unspecified atom stereocenters. The van der Waals surface area contributed by atoms with Gasteiger partial charge < -0.3 is 5.32 Å². The maximum absolute atomic E-state index is 12.9. The van der Waals surface area contributed by atoms with Crippen LogP contribution in [-0.4, -0.2) is 21.3 Å². The monoisotopic (exact) mass is 312 g/mol. The Labute approximate surface area is 113 Å². The molecular formula is C12H14BrFN4. The van der Waals surface area contributed by atoms with Crippen LogP contribution in [0.2, 0.25) is 0 Å². The second kappa shape index (κ2) is 5.58. The van der Waals surface area contributed by atoms with Gasteiger partial charge in [0.1, 0.15) is 5.82 Å². The van der Waals surface area contributed by atoms with E-state index in [0.717, 1.165) is 22.4 Å². The predicted molar refractivity (Wildman–Crippen MR) is 70.6 cm³/mol. The van der Waals surface area contributed by atoms with Crippen LogP contribution in [-0.2, 0) is 7.05 Å². The number of hydrogen-bond donors (Lipinski definition) is 1. The molecule has 0 aliphatic heterocycles. The second-order valence-corrected chi connectivity index (χ2v) is 4.75. The van der Waals surface area contributed by atoms with Crippen molar-refractivity contribution < 1.29 is 4.39 Å². The fourth-order valence-corrected chi connectivity index (χ4v) is 2.43. The van der Waals surface area contributed by atoms with Crippen molar-refractivity contribution in [2.45, 2.75) is 13.0 Å². The minimum atomic E-state index is -0.335. The van der Waals surface area contributed by atoms with Crippen LogP contribution in [0.25, 0.3) is 0 Å². The maximum Gasteiger partial charge on any atom is 0.141 e. The summed E-state index contributed by atoms with van der Waals surface area (Å²) in [5, 5.41) is 7.52. The highest BCUT2D eigenvalue weighted by Crippen LogP contribution is 2.26. The first kappa shape index (κ1) is 13.2. The second-order valence-electron chi connectivity index (χ2n) is 3.89. The van der Waals surface area contributed by atoms with E-state index in [1.807, 2.05) is 14.0 Å². The van der Waals surface area contributed by atoms with E-state index < -0.39 is 0 Å². The van der Waals surface area contributed by atoms with E-state index in [-0.39, 0.29) is 11.9 Å². The standard InChI is InChI=1S/C12H14BrFN4/c1-3-15-11(10-5-4-8(14)6-16-10)12-9(13)7-17-18(12)2/h4-7,11,15H,3H2,1-2H3. The van der Waals surface area contributed by atoms with Crippen molar-refractivity contribution in [3.8, 4) is 0 Å². The lowest BCUT2D eigenvalue weighted by Gasteiger charge is -2.18. The fourth-order valence-electron chi connectivity index (χ4n) is 1.85. The Morgan fingerprint density at radius 2 is 2.22 bits per heavy atom. The number of nitrogens with zero attached hydrogens (tertiary/aromatic N) is 3. The van der Waals surface area contributed by atoms with Crippen molar-refractivity contribution in [1.82, 2.24) is 20.1 Å². The van der Waals surface area contributed by atoms with E-state index in [4.69, 9.17) is 0 Å². The van der Waals surface area contributed by atoms with Gasteiger partial charge in [-0.1, -0.05) is 6.92 Å². The molecule has 0 aliphatic rings. The number of halogens is 2. The van der Waals surface area contributed by atoms with Gasteiger partial charge in [0, 0.05) is 7.05 Å². The zero-order valence-electron chi connectivity index (χ0n) is 10.2. The Bertz CT molecular complexity index is 504. The summed E-state index contributed by atoms with van der Waals surface area (Å²) in [7, 11) is 1.87. The van der Waals surface area contributed by atoms with Gasteiger partial charge in [-0.3, -0.25) is 9.67 Å². The summed E-state index contributed by atoms with van der Waals surface area (Å²) in [6.45, 7) is 2.79. The van der Waals surface area contributed by atoms with E-state index >= 15 is 0 Å². The number of rotatable bonds is 4. The van der Waals surface area contributed by atoms with Crippen molar-refractivity contribution in [3.63, 3.8) is 0 Å². The first-order valence-corrected chi connectivity index (χ1v) is 6.45. The molecule has 0 aliphatic carbocycles. The molecule has 0 aromatic carbocycles. The summed E-state index contributed by atoms with van der Waals surface area (Å²) in [6.07, 6.45) is 2.97. The lowest BCUT2D eigenvalue weighted by Crippen LogP contribution is -2.25. The van der Waals surface area contributed by atoms with Crippen LogP contribution in [0, 0.1) is 5.82 Å². The first-order chi connectivity index (χ1) is 8.63.